The second-order valence-corrected chi connectivity index (χ2v) is 5.61. The topological polar surface area (TPSA) is 57.3 Å². The van der Waals surface area contributed by atoms with Gasteiger partial charge in [0, 0.05) is 38.2 Å². The largest absolute Gasteiger partial charge is 0.378 e. The number of benzene rings is 1. The number of amides is 1. The van der Waals surface area contributed by atoms with Crippen LogP contribution in [0.4, 0.5) is 17.2 Å². The van der Waals surface area contributed by atoms with Crippen molar-refractivity contribution in [3.63, 3.8) is 0 Å². The molecule has 0 radical (unpaired) electrons. The molecule has 1 amide bonds. The molecule has 0 aliphatic carbocycles. The third-order valence-electron chi connectivity index (χ3n) is 3.50. The molecule has 23 heavy (non-hydrogen) atoms. The molecule has 0 unspecified atom stereocenters. The summed E-state index contributed by atoms with van der Waals surface area (Å²) in [7, 11) is 4.02. The Morgan fingerprint density at radius 3 is 2.43 bits per heavy atom. The fourth-order valence-electron chi connectivity index (χ4n) is 2.07. The van der Waals surface area contributed by atoms with Crippen LogP contribution in [0.1, 0.15) is 30.1 Å². The Morgan fingerprint density at radius 1 is 1.13 bits per heavy atom. The molecule has 0 bridgehead atoms. The normalized spacial score (nSPS) is 10.2. The standard InChI is InChI=1S/C18H24N4O/c1-4-5-12-19-18(23)14-6-11-17(20-13-14)21-15-7-9-16(10-8-15)22(2)3/h6-11,13H,4-5,12H2,1-3H3,(H,19,23)(H,20,21). The van der Waals surface area contributed by atoms with E-state index >= 15 is 0 Å². The van der Waals surface area contributed by atoms with Gasteiger partial charge in [0.1, 0.15) is 5.82 Å². The first-order chi connectivity index (χ1) is 11.1. The smallest absolute Gasteiger partial charge is 0.252 e. The van der Waals surface area contributed by atoms with Crippen molar-refractivity contribution in [1.82, 2.24) is 10.3 Å². The summed E-state index contributed by atoms with van der Waals surface area (Å²) in [6.45, 7) is 2.80. The van der Waals surface area contributed by atoms with E-state index in [-0.39, 0.29) is 5.91 Å². The highest BCUT2D eigenvalue weighted by Gasteiger charge is 2.05. The Kier molecular flexibility index (Phi) is 5.97. The van der Waals surface area contributed by atoms with Crippen LogP contribution in [0.2, 0.25) is 0 Å². The summed E-state index contributed by atoms with van der Waals surface area (Å²) >= 11 is 0. The molecule has 122 valence electrons. The first kappa shape index (κ1) is 16.8. The Morgan fingerprint density at radius 2 is 1.87 bits per heavy atom. The van der Waals surface area contributed by atoms with E-state index in [1.807, 2.05) is 49.3 Å². The van der Waals surface area contributed by atoms with E-state index in [1.165, 1.54) is 0 Å². The van der Waals surface area contributed by atoms with Gasteiger partial charge in [0.25, 0.3) is 5.91 Å². The average Bonchev–Trinajstić information content (AvgIpc) is 2.56. The van der Waals surface area contributed by atoms with Crippen molar-refractivity contribution in [2.75, 3.05) is 30.9 Å². The van der Waals surface area contributed by atoms with Crippen molar-refractivity contribution in [1.29, 1.82) is 0 Å². The van der Waals surface area contributed by atoms with Crippen LogP contribution in [-0.4, -0.2) is 31.5 Å². The first-order valence-electron chi connectivity index (χ1n) is 7.89. The maximum absolute atomic E-state index is 11.9. The monoisotopic (exact) mass is 312 g/mol. The highest BCUT2D eigenvalue weighted by molar-refractivity contribution is 5.94. The third kappa shape index (κ3) is 4.98. The molecule has 1 heterocycles. The summed E-state index contributed by atoms with van der Waals surface area (Å²) in [6.07, 6.45) is 3.65. The second-order valence-electron chi connectivity index (χ2n) is 5.61. The fraction of sp³-hybridized carbons (Fsp3) is 0.333. The maximum Gasteiger partial charge on any atom is 0.252 e. The highest BCUT2D eigenvalue weighted by Crippen LogP contribution is 2.19. The van der Waals surface area contributed by atoms with E-state index in [0.717, 1.165) is 24.2 Å². The van der Waals surface area contributed by atoms with Crippen molar-refractivity contribution in [3.05, 3.63) is 48.2 Å². The van der Waals surface area contributed by atoms with Gasteiger partial charge in [-0.3, -0.25) is 4.79 Å². The van der Waals surface area contributed by atoms with E-state index in [0.29, 0.717) is 17.9 Å². The SMILES string of the molecule is CCCCNC(=O)c1ccc(Nc2ccc(N(C)C)cc2)nc1. The summed E-state index contributed by atoms with van der Waals surface area (Å²) in [5, 5.41) is 6.11. The van der Waals surface area contributed by atoms with Crippen LogP contribution in [-0.2, 0) is 0 Å². The van der Waals surface area contributed by atoms with Crippen LogP contribution < -0.4 is 15.5 Å². The number of carbonyl (C=O) groups is 1. The molecule has 1 aromatic heterocycles. The van der Waals surface area contributed by atoms with Gasteiger partial charge in [-0.2, -0.15) is 0 Å². The number of unbranched alkanes of at least 4 members (excludes halogenated alkanes) is 1. The van der Waals surface area contributed by atoms with Crippen molar-refractivity contribution >= 4 is 23.1 Å². The Hall–Kier alpha value is -2.56. The molecule has 0 fully saturated rings. The summed E-state index contributed by atoms with van der Waals surface area (Å²) in [5.41, 5.74) is 2.68. The zero-order chi connectivity index (χ0) is 16.7. The number of hydrogen-bond donors (Lipinski definition) is 2. The molecule has 5 nitrogen and oxygen atoms in total. The van der Waals surface area contributed by atoms with Crippen molar-refractivity contribution in [2.45, 2.75) is 19.8 Å². The lowest BCUT2D eigenvalue weighted by Crippen LogP contribution is -2.24. The number of nitrogens with one attached hydrogen (secondary N) is 2. The molecule has 0 saturated heterocycles. The Bertz CT molecular complexity index is 620. The summed E-state index contributed by atoms with van der Waals surface area (Å²) in [5.74, 6) is 0.639. The van der Waals surface area contributed by atoms with Gasteiger partial charge < -0.3 is 15.5 Å². The van der Waals surface area contributed by atoms with Gasteiger partial charge in [-0.25, -0.2) is 4.98 Å². The molecular formula is C18H24N4O. The molecule has 2 N–H and O–H groups in total. The number of aromatic nitrogens is 1. The fourth-order valence-corrected chi connectivity index (χ4v) is 2.07. The minimum Gasteiger partial charge on any atom is -0.378 e. The number of rotatable bonds is 7. The van der Waals surface area contributed by atoms with Crippen LogP contribution in [0.25, 0.3) is 0 Å². The lowest BCUT2D eigenvalue weighted by Gasteiger charge is -2.13. The quantitative estimate of drug-likeness (QED) is 0.769. The number of carbonyl (C=O) groups excluding carboxylic acids is 1. The zero-order valence-electron chi connectivity index (χ0n) is 14.0. The van der Waals surface area contributed by atoms with Gasteiger partial charge in [-0.05, 0) is 42.8 Å². The molecule has 0 atom stereocenters. The summed E-state index contributed by atoms with van der Waals surface area (Å²) in [6, 6.07) is 11.7. The molecule has 0 aliphatic heterocycles. The molecule has 5 heteroatoms. The van der Waals surface area contributed by atoms with Gasteiger partial charge in [0.05, 0.1) is 5.56 Å². The molecule has 0 spiro atoms. The Labute approximate surface area is 137 Å². The van der Waals surface area contributed by atoms with Crippen LogP contribution in [0, 0.1) is 0 Å². The van der Waals surface area contributed by atoms with Crippen LogP contribution in [0.15, 0.2) is 42.6 Å². The number of pyridine rings is 1. The Balaban J connectivity index is 1.95. The van der Waals surface area contributed by atoms with Crippen LogP contribution >= 0.6 is 0 Å². The van der Waals surface area contributed by atoms with Crippen LogP contribution in [0.5, 0.6) is 0 Å². The summed E-state index contributed by atoms with van der Waals surface area (Å²) < 4.78 is 0. The van der Waals surface area contributed by atoms with Gasteiger partial charge in [0.2, 0.25) is 0 Å². The van der Waals surface area contributed by atoms with Gasteiger partial charge in [0.15, 0.2) is 0 Å². The van der Waals surface area contributed by atoms with E-state index < -0.39 is 0 Å². The average molecular weight is 312 g/mol. The number of hydrogen-bond acceptors (Lipinski definition) is 4. The molecule has 0 aliphatic rings. The molecule has 0 saturated carbocycles. The maximum atomic E-state index is 11.9. The molecule has 2 aromatic rings. The van der Waals surface area contributed by atoms with Crippen molar-refractivity contribution < 1.29 is 4.79 Å². The van der Waals surface area contributed by atoms with Crippen molar-refractivity contribution in [3.8, 4) is 0 Å². The van der Waals surface area contributed by atoms with E-state index in [9.17, 15) is 4.79 Å². The van der Waals surface area contributed by atoms with E-state index in [2.05, 4.69) is 22.5 Å². The number of anilines is 3. The second kappa shape index (κ2) is 8.17. The minimum atomic E-state index is -0.0761. The molecule has 2 rings (SSSR count). The first-order valence-corrected chi connectivity index (χ1v) is 7.89. The molecular weight excluding hydrogens is 288 g/mol. The van der Waals surface area contributed by atoms with Gasteiger partial charge >= 0.3 is 0 Å². The molecule has 1 aromatic carbocycles. The lowest BCUT2D eigenvalue weighted by molar-refractivity contribution is 0.0953. The minimum absolute atomic E-state index is 0.0761. The van der Waals surface area contributed by atoms with Gasteiger partial charge in [-0.15, -0.1) is 0 Å². The van der Waals surface area contributed by atoms with E-state index in [1.54, 1.807) is 12.3 Å². The van der Waals surface area contributed by atoms with E-state index in [4.69, 9.17) is 0 Å². The summed E-state index contributed by atoms with van der Waals surface area (Å²) in [4.78, 5) is 18.3. The van der Waals surface area contributed by atoms with Gasteiger partial charge in [-0.1, -0.05) is 13.3 Å². The predicted molar refractivity (Wildman–Crippen MR) is 95.5 cm³/mol. The lowest BCUT2D eigenvalue weighted by atomic mass is 10.2. The predicted octanol–water partition coefficient (Wildman–Crippen LogP) is 3.42. The third-order valence-corrected chi connectivity index (χ3v) is 3.50. The zero-order valence-corrected chi connectivity index (χ0v) is 14.0. The number of nitrogens with zero attached hydrogens (tertiary/aromatic N) is 2. The van der Waals surface area contributed by atoms with Crippen molar-refractivity contribution in [2.24, 2.45) is 0 Å². The van der Waals surface area contributed by atoms with Crippen LogP contribution in [0.3, 0.4) is 0 Å². The highest BCUT2D eigenvalue weighted by atomic mass is 16.1.